The third-order valence-corrected chi connectivity index (χ3v) is 2.81. The van der Waals surface area contributed by atoms with E-state index in [4.69, 9.17) is 31.3 Å². The van der Waals surface area contributed by atoms with Crippen molar-refractivity contribution in [2.45, 2.75) is 12.6 Å². The molecule has 0 heterocycles. The quantitative estimate of drug-likeness (QED) is 0.687. The van der Waals surface area contributed by atoms with Gasteiger partial charge >= 0.3 is 0 Å². The number of nitrogens with one attached hydrogen (secondary N) is 1. The van der Waals surface area contributed by atoms with Crippen molar-refractivity contribution in [3.05, 3.63) is 22.7 Å². The van der Waals surface area contributed by atoms with Crippen LogP contribution < -0.4 is 14.8 Å². The molecular weight excluding hydrogens is 258 g/mol. The van der Waals surface area contributed by atoms with Gasteiger partial charge in [0, 0.05) is 6.54 Å². The summed E-state index contributed by atoms with van der Waals surface area (Å²) in [6.45, 7) is 0.209. The van der Waals surface area contributed by atoms with Crippen molar-refractivity contribution in [3.8, 4) is 11.5 Å². The summed E-state index contributed by atoms with van der Waals surface area (Å²) in [5.74, 6) is 1.04. The minimum absolute atomic E-state index is 0.127. The summed E-state index contributed by atoms with van der Waals surface area (Å²) in [6.07, 6.45) is 0. The standard InChI is InChI=1S/C12H18ClNO4/c1-17-11-4-8(3-10(13)12(11)18-2)5-14-9(6-15)7-16/h3-4,9,14-16H,5-7H2,1-2H3. The number of benzene rings is 1. The predicted octanol–water partition coefficient (Wildman–Crippen LogP) is 0.800. The van der Waals surface area contributed by atoms with Gasteiger partial charge in [-0.3, -0.25) is 0 Å². The molecule has 0 aliphatic heterocycles. The molecular formula is C12H18ClNO4. The lowest BCUT2D eigenvalue weighted by Crippen LogP contribution is -2.35. The average molecular weight is 276 g/mol. The summed E-state index contributed by atoms with van der Waals surface area (Å²) in [5, 5.41) is 21.3. The Morgan fingerprint density at radius 1 is 1.22 bits per heavy atom. The van der Waals surface area contributed by atoms with Gasteiger partial charge in [-0.2, -0.15) is 0 Å². The van der Waals surface area contributed by atoms with Crippen LogP contribution in [0.1, 0.15) is 5.56 Å². The number of methoxy groups -OCH3 is 2. The summed E-state index contributed by atoms with van der Waals surface area (Å²) < 4.78 is 10.3. The first-order chi connectivity index (χ1) is 8.65. The fourth-order valence-corrected chi connectivity index (χ4v) is 1.83. The van der Waals surface area contributed by atoms with Crippen molar-refractivity contribution in [2.75, 3.05) is 27.4 Å². The molecule has 1 rings (SSSR count). The van der Waals surface area contributed by atoms with Crippen LogP contribution in [0, 0.1) is 0 Å². The molecule has 6 heteroatoms. The van der Waals surface area contributed by atoms with E-state index in [1.807, 2.05) is 0 Å². The summed E-state index contributed by atoms with van der Waals surface area (Å²) in [5.41, 5.74) is 0.879. The van der Waals surface area contributed by atoms with Crippen LogP contribution in [0.15, 0.2) is 12.1 Å². The van der Waals surface area contributed by atoms with Gasteiger partial charge < -0.3 is 25.0 Å². The van der Waals surface area contributed by atoms with E-state index in [-0.39, 0.29) is 19.3 Å². The van der Waals surface area contributed by atoms with E-state index in [0.717, 1.165) is 5.56 Å². The zero-order valence-electron chi connectivity index (χ0n) is 10.4. The third kappa shape index (κ3) is 3.74. The number of hydrogen-bond donors (Lipinski definition) is 3. The van der Waals surface area contributed by atoms with E-state index in [1.54, 1.807) is 12.1 Å². The molecule has 0 unspecified atom stereocenters. The topological polar surface area (TPSA) is 71.0 Å². The number of rotatable bonds is 7. The van der Waals surface area contributed by atoms with Crippen LogP contribution in [0.4, 0.5) is 0 Å². The highest BCUT2D eigenvalue weighted by Crippen LogP contribution is 2.35. The molecule has 0 aliphatic rings. The van der Waals surface area contributed by atoms with Gasteiger partial charge in [-0.15, -0.1) is 0 Å². The molecule has 0 aromatic heterocycles. The first-order valence-electron chi connectivity index (χ1n) is 5.51. The van der Waals surface area contributed by atoms with Crippen LogP contribution in [-0.2, 0) is 6.54 Å². The number of halogens is 1. The van der Waals surface area contributed by atoms with Gasteiger partial charge in [0.2, 0.25) is 0 Å². The van der Waals surface area contributed by atoms with Gasteiger partial charge in [0.05, 0.1) is 38.5 Å². The molecule has 0 saturated carbocycles. The van der Waals surface area contributed by atoms with Crippen LogP contribution in [-0.4, -0.2) is 43.7 Å². The first kappa shape index (κ1) is 15.0. The molecule has 1 aromatic rings. The highest BCUT2D eigenvalue weighted by molar-refractivity contribution is 6.32. The maximum absolute atomic E-state index is 8.95. The molecule has 102 valence electrons. The smallest absolute Gasteiger partial charge is 0.179 e. The third-order valence-electron chi connectivity index (χ3n) is 2.53. The van der Waals surface area contributed by atoms with Gasteiger partial charge in [0.15, 0.2) is 11.5 Å². The largest absolute Gasteiger partial charge is 0.493 e. The Kier molecular flexibility index (Phi) is 6.21. The van der Waals surface area contributed by atoms with Crippen molar-refractivity contribution in [1.82, 2.24) is 5.32 Å². The molecule has 0 saturated heterocycles. The molecule has 18 heavy (non-hydrogen) atoms. The van der Waals surface area contributed by atoms with E-state index in [0.29, 0.717) is 23.1 Å². The molecule has 0 amide bonds. The average Bonchev–Trinajstić information content (AvgIpc) is 2.39. The Morgan fingerprint density at radius 2 is 1.89 bits per heavy atom. The van der Waals surface area contributed by atoms with Crippen LogP contribution in [0.3, 0.4) is 0 Å². The normalized spacial score (nSPS) is 10.8. The minimum Gasteiger partial charge on any atom is -0.493 e. The summed E-state index contributed by atoms with van der Waals surface area (Å²) >= 11 is 6.06. The van der Waals surface area contributed by atoms with Crippen LogP contribution in [0.5, 0.6) is 11.5 Å². The first-order valence-corrected chi connectivity index (χ1v) is 5.89. The summed E-state index contributed by atoms with van der Waals surface area (Å²) in [4.78, 5) is 0. The summed E-state index contributed by atoms with van der Waals surface area (Å²) in [6, 6.07) is 3.20. The van der Waals surface area contributed by atoms with Gasteiger partial charge in [-0.05, 0) is 17.7 Å². The molecule has 0 aliphatic carbocycles. The maximum Gasteiger partial charge on any atom is 0.179 e. The highest BCUT2D eigenvalue weighted by Gasteiger charge is 2.12. The highest BCUT2D eigenvalue weighted by atomic mass is 35.5. The SMILES string of the molecule is COc1cc(CNC(CO)CO)cc(Cl)c1OC. The molecule has 0 bridgehead atoms. The predicted molar refractivity (Wildman–Crippen MR) is 69.4 cm³/mol. The minimum atomic E-state index is -0.350. The number of hydrogen-bond acceptors (Lipinski definition) is 5. The van der Waals surface area contributed by atoms with Gasteiger partial charge in [0.1, 0.15) is 0 Å². The van der Waals surface area contributed by atoms with E-state index in [2.05, 4.69) is 5.32 Å². The molecule has 5 nitrogen and oxygen atoms in total. The van der Waals surface area contributed by atoms with Crippen LogP contribution >= 0.6 is 11.6 Å². The second-order valence-electron chi connectivity index (χ2n) is 3.76. The summed E-state index contributed by atoms with van der Waals surface area (Å²) in [7, 11) is 3.06. The Balaban J connectivity index is 2.81. The Labute approximate surface area is 111 Å². The molecule has 0 spiro atoms. The zero-order valence-corrected chi connectivity index (χ0v) is 11.2. The molecule has 0 radical (unpaired) electrons. The lowest BCUT2D eigenvalue weighted by Gasteiger charge is -2.15. The maximum atomic E-state index is 8.95. The molecule has 1 aromatic carbocycles. The van der Waals surface area contributed by atoms with E-state index >= 15 is 0 Å². The fraction of sp³-hybridized carbons (Fsp3) is 0.500. The van der Waals surface area contributed by atoms with Crippen molar-refractivity contribution in [2.24, 2.45) is 0 Å². The van der Waals surface area contributed by atoms with Crippen LogP contribution in [0.25, 0.3) is 0 Å². The Hall–Kier alpha value is -1.01. The molecule has 0 fully saturated rings. The van der Waals surface area contributed by atoms with E-state index in [9.17, 15) is 0 Å². The molecule has 3 N–H and O–H groups in total. The number of aliphatic hydroxyl groups excluding tert-OH is 2. The fourth-order valence-electron chi connectivity index (χ4n) is 1.52. The van der Waals surface area contributed by atoms with Crippen molar-refractivity contribution >= 4 is 11.6 Å². The van der Waals surface area contributed by atoms with Gasteiger partial charge in [-0.1, -0.05) is 11.6 Å². The Morgan fingerprint density at radius 3 is 2.39 bits per heavy atom. The van der Waals surface area contributed by atoms with Gasteiger partial charge in [-0.25, -0.2) is 0 Å². The van der Waals surface area contributed by atoms with E-state index < -0.39 is 0 Å². The number of aliphatic hydroxyl groups is 2. The lowest BCUT2D eigenvalue weighted by atomic mass is 10.2. The van der Waals surface area contributed by atoms with Crippen molar-refractivity contribution in [1.29, 1.82) is 0 Å². The lowest BCUT2D eigenvalue weighted by molar-refractivity contribution is 0.170. The second kappa shape index (κ2) is 7.43. The second-order valence-corrected chi connectivity index (χ2v) is 4.16. The van der Waals surface area contributed by atoms with E-state index in [1.165, 1.54) is 14.2 Å². The van der Waals surface area contributed by atoms with Crippen LogP contribution in [0.2, 0.25) is 5.02 Å². The zero-order chi connectivity index (χ0) is 13.5. The molecule has 0 atom stereocenters. The Bertz CT molecular complexity index is 383. The number of ether oxygens (including phenoxy) is 2. The monoisotopic (exact) mass is 275 g/mol. The van der Waals surface area contributed by atoms with Gasteiger partial charge in [0.25, 0.3) is 0 Å². The van der Waals surface area contributed by atoms with Crippen molar-refractivity contribution in [3.63, 3.8) is 0 Å². The van der Waals surface area contributed by atoms with Crippen molar-refractivity contribution < 1.29 is 19.7 Å².